The van der Waals surface area contributed by atoms with Gasteiger partial charge in [0.25, 0.3) is 0 Å². The van der Waals surface area contributed by atoms with Crippen molar-refractivity contribution in [2.75, 3.05) is 0 Å². The van der Waals surface area contributed by atoms with E-state index in [0.29, 0.717) is 19.3 Å². The molecule has 2 aliphatic carbocycles. The van der Waals surface area contributed by atoms with Crippen LogP contribution in [-0.4, -0.2) is 56.1 Å². The lowest BCUT2D eigenvalue weighted by Gasteiger charge is -2.61. The lowest BCUT2D eigenvalue weighted by molar-refractivity contribution is -0.175. The van der Waals surface area contributed by atoms with Crippen molar-refractivity contribution in [1.82, 2.24) is 0 Å². The number of fused-ring (bicyclic) bond motifs is 1. The van der Waals surface area contributed by atoms with Gasteiger partial charge in [-0.15, -0.1) is 0 Å². The van der Waals surface area contributed by atoms with Gasteiger partial charge in [0, 0.05) is 12.3 Å². The highest BCUT2D eigenvalue weighted by atomic mass is 16.5. The van der Waals surface area contributed by atoms with Crippen molar-refractivity contribution in [1.29, 1.82) is 0 Å². The van der Waals surface area contributed by atoms with Crippen LogP contribution in [0.4, 0.5) is 0 Å². The maximum Gasteiger partial charge on any atom is 0.183 e. The van der Waals surface area contributed by atoms with E-state index in [0.717, 1.165) is 11.1 Å². The number of ether oxygens (including phenoxy) is 1. The first-order chi connectivity index (χ1) is 19.1. The van der Waals surface area contributed by atoms with E-state index in [1.54, 1.807) is 27.7 Å². The average molecular weight is 587 g/mol. The van der Waals surface area contributed by atoms with Crippen LogP contribution in [0.25, 0.3) is 0 Å². The first-order valence-electron chi connectivity index (χ1n) is 15.5. The van der Waals surface area contributed by atoms with Crippen LogP contribution in [0.1, 0.15) is 115 Å². The number of carbonyl (C=O) groups excluding carboxylic acids is 3. The molecule has 3 rings (SSSR count). The van der Waals surface area contributed by atoms with Crippen LogP contribution in [0.2, 0.25) is 0 Å². The summed E-state index contributed by atoms with van der Waals surface area (Å²) in [5.41, 5.74) is -4.56. The van der Waals surface area contributed by atoms with Crippen LogP contribution >= 0.6 is 0 Å². The van der Waals surface area contributed by atoms with E-state index in [9.17, 15) is 24.9 Å². The first kappa shape index (κ1) is 34.4. The molecule has 1 spiro atoms. The molecule has 236 valence electrons. The Morgan fingerprint density at radius 1 is 1.02 bits per heavy atom. The summed E-state index contributed by atoms with van der Waals surface area (Å²) in [6.45, 7) is 19.8. The molecule has 0 aromatic heterocycles. The van der Waals surface area contributed by atoms with Crippen LogP contribution in [0.15, 0.2) is 34.6 Å². The van der Waals surface area contributed by atoms with Gasteiger partial charge in [0.15, 0.2) is 17.3 Å². The van der Waals surface area contributed by atoms with Crippen molar-refractivity contribution in [3.63, 3.8) is 0 Å². The van der Waals surface area contributed by atoms with E-state index in [1.807, 2.05) is 27.7 Å². The zero-order chi connectivity index (χ0) is 32.2. The summed E-state index contributed by atoms with van der Waals surface area (Å²) in [5, 5.41) is 33.2. The molecule has 0 aromatic carbocycles. The molecule has 0 aromatic rings. The van der Waals surface area contributed by atoms with Gasteiger partial charge in [-0.05, 0) is 98.8 Å². The number of aliphatic hydroxyl groups is 3. The second-order valence-electron chi connectivity index (χ2n) is 15.4. The van der Waals surface area contributed by atoms with Crippen molar-refractivity contribution in [3.05, 3.63) is 34.6 Å². The van der Waals surface area contributed by atoms with Crippen molar-refractivity contribution in [2.24, 2.45) is 28.1 Å². The van der Waals surface area contributed by atoms with Crippen molar-refractivity contribution in [3.8, 4) is 0 Å². The number of allylic oxidation sites excluding steroid dienone is 6. The van der Waals surface area contributed by atoms with E-state index in [1.165, 1.54) is 13.8 Å². The molecule has 6 atom stereocenters. The SMILES string of the molecule is CC(C)=CCC[C@]1(C)[C@@H](CC=C(C)C)C[C@@]2(C[C@H](O)C(C)(C)O)C(=O)C(C(=O)C(C)C)=C3O[C@H](C(C)(C)O)C[C@]31C2=O. The molecular formula is C35H54O7. The van der Waals surface area contributed by atoms with Gasteiger partial charge < -0.3 is 20.1 Å². The third kappa shape index (κ3) is 5.61. The fraction of sp³-hybridized carbons (Fsp3) is 0.743. The highest BCUT2D eigenvalue weighted by Gasteiger charge is 2.77. The molecular weight excluding hydrogens is 532 g/mol. The third-order valence-electron chi connectivity index (χ3n) is 10.3. The van der Waals surface area contributed by atoms with E-state index >= 15 is 4.79 Å². The maximum atomic E-state index is 15.3. The molecule has 1 heterocycles. The Morgan fingerprint density at radius 2 is 1.60 bits per heavy atom. The highest BCUT2D eigenvalue weighted by molar-refractivity contribution is 6.32. The molecule has 1 saturated carbocycles. The van der Waals surface area contributed by atoms with E-state index in [4.69, 9.17) is 4.74 Å². The van der Waals surface area contributed by atoms with Gasteiger partial charge in [-0.3, -0.25) is 14.4 Å². The molecule has 7 nitrogen and oxygen atoms in total. The zero-order valence-electron chi connectivity index (χ0n) is 27.7. The van der Waals surface area contributed by atoms with E-state index in [-0.39, 0.29) is 42.3 Å². The van der Waals surface area contributed by atoms with Gasteiger partial charge in [0.1, 0.15) is 17.4 Å². The Hall–Kier alpha value is -2.09. The topological polar surface area (TPSA) is 121 Å². The molecule has 0 unspecified atom stereocenters. The van der Waals surface area contributed by atoms with Gasteiger partial charge in [0.2, 0.25) is 0 Å². The predicted octanol–water partition coefficient (Wildman–Crippen LogP) is 5.80. The molecule has 0 amide bonds. The normalized spacial score (nSPS) is 32.0. The minimum Gasteiger partial charge on any atom is -0.490 e. The third-order valence-corrected chi connectivity index (χ3v) is 10.3. The fourth-order valence-corrected chi connectivity index (χ4v) is 7.46. The summed E-state index contributed by atoms with van der Waals surface area (Å²) >= 11 is 0. The lowest BCUT2D eigenvalue weighted by atomic mass is 9.38. The van der Waals surface area contributed by atoms with Crippen molar-refractivity contribution in [2.45, 2.75) is 138 Å². The number of Topliss-reactive ketones (excluding diaryl/α,β-unsaturated/α-hetero) is 3. The average Bonchev–Trinajstić information content (AvgIpc) is 3.25. The Balaban J connectivity index is 2.48. The van der Waals surface area contributed by atoms with Crippen molar-refractivity contribution < 1.29 is 34.4 Å². The second kappa shape index (κ2) is 11.4. The van der Waals surface area contributed by atoms with Gasteiger partial charge in [0.05, 0.1) is 28.1 Å². The molecule has 7 heteroatoms. The van der Waals surface area contributed by atoms with Crippen LogP contribution in [-0.2, 0) is 19.1 Å². The van der Waals surface area contributed by atoms with E-state index in [2.05, 4.69) is 19.1 Å². The number of hydrogen-bond acceptors (Lipinski definition) is 7. The fourth-order valence-electron chi connectivity index (χ4n) is 7.46. The van der Waals surface area contributed by atoms with Crippen molar-refractivity contribution >= 4 is 17.3 Å². The van der Waals surface area contributed by atoms with Gasteiger partial charge >= 0.3 is 0 Å². The summed E-state index contributed by atoms with van der Waals surface area (Å²) in [7, 11) is 0. The summed E-state index contributed by atoms with van der Waals surface area (Å²) in [5.74, 6) is -1.98. The van der Waals surface area contributed by atoms with Crippen LogP contribution in [0, 0.1) is 28.1 Å². The monoisotopic (exact) mass is 586 g/mol. The Kier molecular flexibility index (Phi) is 9.37. The van der Waals surface area contributed by atoms with E-state index < -0.39 is 57.1 Å². The molecule has 1 aliphatic heterocycles. The molecule has 2 bridgehead atoms. The highest BCUT2D eigenvalue weighted by Crippen LogP contribution is 2.71. The molecule has 1 saturated heterocycles. The standard InChI is InChI=1S/C35H54O7/c1-20(2)13-12-16-33(11)23(15-14-21(3)4)17-34(18-24(36)31(7,8)40)28(38)26(27(37)22(5)6)29-35(33,30(34)39)19-25(42-29)32(9,10)41/h13-14,22-25,36,40-41H,12,15-19H2,1-11H3/t23-,24-,25-,33+,34+,35+/m0/s1. The molecule has 42 heavy (non-hydrogen) atoms. The number of aliphatic hydroxyl groups excluding tert-OH is 1. The summed E-state index contributed by atoms with van der Waals surface area (Å²) in [6, 6.07) is 0. The minimum atomic E-state index is -1.71. The number of rotatable bonds is 11. The Morgan fingerprint density at radius 3 is 2.07 bits per heavy atom. The van der Waals surface area contributed by atoms with Gasteiger partial charge in [-0.1, -0.05) is 44.1 Å². The van der Waals surface area contributed by atoms with Gasteiger partial charge in [-0.2, -0.15) is 0 Å². The largest absolute Gasteiger partial charge is 0.490 e. The van der Waals surface area contributed by atoms with Crippen LogP contribution in [0.3, 0.4) is 0 Å². The second-order valence-corrected chi connectivity index (χ2v) is 15.4. The Labute approximate surface area is 252 Å². The van der Waals surface area contributed by atoms with Crippen LogP contribution in [0.5, 0.6) is 0 Å². The number of hydrogen-bond donors (Lipinski definition) is 3. The lowest BCUT2D eigenvalue weighted by Crippen LogP contribution is -2.67. The molecule has 3 N–H and O–H groups in total. The first-order valence-corrected chi connectivity index (χ1v) is 15.5. The number of carbonyl (C=O) groups is 3. The summed E-state index contributed by atoms with van der Waals surface area (Å²) in [4.78, 5) is 43.9. The maximum absolute atomic E-state index is 15.3. The smallest absolute Gasteiger partial charge is 0.183 e. The minimum absolute atomic E-state index is 0.103. The van der Waals surface area contributed by atoms with Gasteiger partial charge in [-0.25, -0.2) is 0 Å². The Bertz CT molecular complexity index is 1200. The summed E-state index contributed by atoms with van der Waals surface area (Å²) < 4.78 is 6.47. The quantitative estimate of drug-likeness (QED) is 0.159. The summed E-state index contributed by atoms with van der Waals surface area (Å²) in [6.07, 6.45) is 3.97. The molecule has 3 aliphatic rings. The predicted molar refractivity (Wildman–Crippen MR) is 163 cm³/mol. The molecule has 0 radical (unpaired) electrons. The number of ketones is 3. The zero-order valence-corrected chi connectivity index (χ0v) is 27.7. The molecule has 2 fully saturated rings. The van der Waals surface area contributed by atoms with Crippen LogP contribution < -0.4 is 0 Å².